The molecule has 0 aromatic carbocycles. The zero-order valence-corrected chi connectivity index (χ0v) is 13.7. The van der Waals surface area contributed by atoms with E-state index in [1.54, 1.807) is 6.20 Å². The molecule has 1 aliphatic heterocycles. The first kappa shape index (κ1) is 15.3. The molecule has 0 spiro atoms. The van der Waals surface area contributed by atoms with Crippen LogP contribution in [0.3, 0.4) is 0 Å². The molecule has 0 radical (unpaired) electrons. The molecule has 22 heavy (non-hydrogen) atoms. The average molecular weight is 301 g/mol. The summed E-state index contributed by atoms with van der Waals surface area (Å²) in [5.74, 6) is 2.30. The smallest absolute Gasteiger partial charge is 0.317 e. The largest absolute Gasteiger partial charge is 0.337 e. The molecule has 0 bridgehead atoms. The molecule has 120 valence electrons. The summed E-state index contributed by atoms with van der Waals surface area (Å²) in [7, 11) is 0. The lowest BCUT2D eigenvalue weighted by Gasteiger charge is -2.24. The molecule has 2 heterocycles. The van der Waals surface area contributed by atoms with Crippen LogP contribution in [-0.4, -0.2) is 35.5 Å². The summed E-state index contributed by atoms with van der Waals surface area (Å²) in [6, 6.07) is 4.18. The molecular formula is C18H27N3O. The van der Waals surface area contributed by atoms with Gasteiger partial charge in [0, 0.05) is 37.9 Å². The normalized spacial score (nSPS) is 25.3. The fraction of sp³-hybridized carbons (Fsp3) is 0.667. The van der Waals surface area contributed by atoms with Gasteiger partial charge in [-0.15, -0.1) is 0 Å². The van der Waals surface area contributed by atoms with Gasteiger partial charge in [0.05, 0.1) is 0 Å². The number of hydrogen-bond acceptors (Lipinski definition) is 2. The first-order chi connectivity index (χ1) is 10.6. The van der Waals surface area contributed by atoms with Gasteiger partial charge in [-0.3, -0.25) is 4.98 Å². The van der Waals surface area contributed by atoms with Crippen LogP contribution in [0.1, 0.15) is 44.6 Å². The second-order valence-electron chi connectivity index (χ2n) is 7.18. The van der Waals surface area contributed by atoms with Gasteiger partial charge in [0.1, 0.15) is 0 Å². The molecule has 1 saturated carbocycles. The molecule has 1 aromatic heterocycles. The Morgan fingerprint density at radius 3 is 2.68 bits per heavy atom. The molecule has 1 saturated heterocycles. The zero-order valence-electron chi connectivity index (χ0n) is 13.7. The second-order valence-corrected chi connectivity index (χ2v) is 7.18. The minimum atomic E-state index is 0.115. The van der Waals surface area contributed by atoms with E-state index in [1.807, 2.05) is 17.2 Å². The first-order valence-electron chi connectivity index (χ1n) is 8.58. The summed E-state index contributed by atoms with van der Waals surface area (Å²) in [6.45, 7) is 6.99. The molecule has 2 amide bonds. The summed E-state index contributed by atoms with van der Waals surface area (Å²) < 4.78 is 0. The lowest BCUT2D eigenvalue weighted by Crippen LogP contribution is -2.41. The van der Waals surface area contributed by atoms with Crippen molar-refractivity contribution in [2.75, 3.05) is 19.6 Å². The van der Waals surface area contributed by atoms with Crippen molar-refractivity contribution in [1.29, 1.82) is 0 Å². The number of nitrogens with zero attached hydrogens (tertiary/aromatic N) is 2. The van der Waals surface area contributed by atoms with E-state index in [9.17, 15) is 4.79 Å². The third-order valence-corrected chi connectivity index (χ3v) is 5.40. The molecule has 0 unspecified atom stereocenters. The number of carbonyl (C=O) groups is 1. The molecule has 2 fully saturated rings. The highest BCUT2D eigenvalue weighted by Crippen LogP contribution is 2.37. The number of amides is 2. The van der Waals surface area contributed by atoms with Crippen LogP contribution in [0, 0.1) is 17.8 Å². The minimum absolute atomic E-state index is 0.115. The Kier molecular flexibility index (Phi) is 4.65. The van der Waals surface area contributed by atoms with Crippen LogP contribution < -0.4 is 5.32 Å². The van der Waals surface area contributed by atoms with E-state index in [1.165, 1.54) is 24.8 Å². The van der Waals surface area contributed by atoms with Crippen LogP contribution in [0.25, 0.3) is 0 Å². The van der Waals surface area contributed by atoms with Crippen molar-refractivity contribution < 1.29 is 4.79 Å². The molecule has 4 nitrogen and oxygen atoms in total. The second kappa shape index (κ2) is 6.67. The Morgan fingerprint density at radius 1 is 1.36 bits per heavy atom. The molecule has 4 heteroatoms. The van der Waals surface area contributed by atoms with Gasteiger partial charge in [-0.05, 0) is 42.2 Å². The predicted octanol–water partition coefficient (Wildman–Crippen LogP) is 3.26. The highest BCUT2D eigenvalue weighted by atomic mass is 16.2. The van der Waals surface area contributed by atoms with Crippen LogP contribution in [0.4, 0.5) is 4.79 Å². The van der Waals surface area contributed by atoms with Crippen molar-refractivity contribution in [3.05, 3.63) is 30.1 Å². The van der Waals surface area contributed by atoms with E-state index in [-0.39, 0.29) is 6.03 Å². The van der Waals surface area contributed by atoms with Crippen molar-refractivity contribution in [2.24, 2.45) is 17.8 Å². The molecule has 1 aromatic rings. The molecule has 1 N–H and O–H groups in total. The Bertz CT molecular complexity index is 490. The summed E-state index contributed by atoms with van der Waals surface area (Å²) in [5, 5.41) is 3.15. The fourth-order valence-electron chi connectivity index (χ4n) is 4.04. The molecule has 1 aliphatic carbocycles. The highest BCUT2D eigenvalue weighted by Gasteiger charge is 2.38. The Morgan fingerprint density at radius 2 is 2.09 bits per heavy atom. The van der Waals surface area contributed by atoms with E-state index in [0.717, 1.165) is 24.9 Å². The number of carbonyl (C=O) groups excluding carboxylic acids is 1. The zero-order chi connectivity index (χ0) is 15.5. The van der Waals surface area contributed by atoms with Crippen LogP contribution in [0.15, 0.2) is 24.5 Å². The third kappa shape index (κ3) is 3.26. The number of pyridine rings is 1. The van der Waals surface area contributed by atoms with E-state index < -0.39 is 0 Å². The van der Waals surface area contributed by atoms with Gasteiger partial charge in [0.2, 0.25) is 0 Å². The predicted molar refractivity (Wildman–Crippen MR) is 87.6 cm³/mol. The van der Waals surface area contributed by atoms with E-state index in [0.29, 0.717) is 18.4 Å². The Hall–Kier alpha value is -1.58. The van der Waals surface area contributed by atoms with Crippen LogP contribution >= 0.6 is 0 Å². The lowest BCUT2D eigenvalue weighted by atomic mass is 9.89. The quantitative estimate of drug-likeness (QED) is 0.927. The van der Waals surface area contributed by atoms with Gasteiger partial charge in [-0.25, -0.2) is 4.79 Å². The van der Waals surface area contributed by atoms with Crippen LogP contribution in [-0.2, 0) is 0 Å². The van der Waals surface area contributed by atoms with Crippen molar-refractivity contribution in [1.82, 2.24) is 15.2 Å². The van der Waals surface area contributed by atoms with Gasteiger partial charge in [0.25, 0.3) is 0 Å². The van der Waals surface area contributed by atoms with Crippen molar-refractivity contribution >= 4 is 6.03 Å². The third-order valence-electron chi connectivity index (χ3n) is 5.40. The summed E-state index contributed by atoms with van der Waals surface area (Å²) in [5.41, 5.74) is 1.20. The van der Waals surface area contributed by atoms with Crippen molar-refractivity contribution in [3.8, 4) is 0 Å². The van der Waals surface area contributed by atoms with E-state index >= 15 is 0 Å². The van der Waals surface area contributed by atoms with Gasteiger partial charge in [-0.1, -0.05) is 26.3 Å². The maximum absolute atomic E-state index is 12.4. The van der Waals surface area contributed by atoms with Crippen LogP contribution in [0.2, 0.25) is 0 Å². The summed E-state index contributed by atoms with van der Waals surface area (Å²) in [4.78, 5) is 18.7. The minimum Gasteiger partial charge on any atom is -0.337 e. The number of hydrogen-bond donors (Lipinski definition) is 1. The monoisotopic (exact) mass is 301 g/mol. The highest BCUT2D eigenvalue weighted by molar-refractivity contribution is 5.74. The van der Waals surface area contributed by atoms with Crippen molar-refractivity contribution in [3.63, 3.8) is 0 Å². The molecular weight excluding hydrogens is 274 g/mol. The van der Waals surface area contributed by atoms with Crippen LogP contribution in [0.5, 0.6) is 0 Å². The number of aromatic nitrogens is 1. The van der Waals surface area contributed by atoms with Gasteiger partial charge in [-0.2, -0.15) is 0 Å². The van der Waals surface area contributed by atoms with Crippen molar-refractivity contribution in [2.45, 2.75) is 39.0 Å². The number of urea groups is 1. The summed E-state index contributed by atoms with van der Waals surface area (Å²) >= 11 is 0. The maximum atomic E-state index is 12.4. The SMILES string of the molecule is CC(C)[C@H](CNC(=O)N1C[C@H]2CCC[C@H]2C1)c1cccnc1. The van der Waals surface area contributed by atoms with Gasteiger partial charge in [0.15, 0.2) is 0 Å². The first-order valence-corrected chi connectivity index (χ1v) is 8.58. The Balaban J connectivity index is 1.55. The van der Waals surface area contributed by atoms with E-state index in [2.05, 4.69) is 30.2 Å². The number of likely N-dealkylation sites (tertiary alicyclic amines) is 1. The summed E-state index contributed by atoms with van der Waals surface area (Å²) in [6.07, 6.45) is 7.66. The number of nitrogens with one attached hydrogen (secondary N) is 1. The standard InChI is InChI=1S/C18H27N3O/c1-13(2)17(14-7-4-8-19-9-14)10-20-18(22)21-11-15-5-3-6-16(15)12-21/h4,7-9,13,15-17H,3,5-6,10-12H2,1-2H3,(H,20,22)/t15-,16+,17-/m0/s1. The number of rotatable bonds is 4. The number of fused-ring (bicyclic) bond motifs is 1. The molecule has 3 rings (SSSR count). The van der Waals surface area contributed by atoms with Gasteiger partial charge >= 0.3 is 6.03 Å². The lowest BCUT2D eigenvalue weighted by molar-refractivity contribution is 0.203. The maximum Gasteiger partial charge on any atom is 0.317 e. The topological polar surface area (TPSA) is 45.2 Å². The molecule has 2 aliphatic rings. The average Bonchev–Trinajstić information content (AvgIpc) is 3.09. The molecule has 3 atom stereocenters. The Labute approximate surface area is 133 Å². The van der Waals surface area contributed by atoms with Gasteiger partial charge < -0.3 is 10.2 Å². The van der Waals surface area contributed by atoms with E-state index in [4.69, 9.17) is 0 Å². The fourth-order valence-corrected chi connectivity index (χ4v) is 4.04.